The maximum Gasteiger partial charge on any atom is 0.387 e. The molecule has 9 heteroatoms. The fraction of sp³-hybridized carbons (Fsp3) is 0.650. The standard InChI is InChI=1S/C20H31F2N3O4/c1-3-23-20(24-8-4-9-27-13-16-7-10-28-14-16)25-12-15-5-6-17(26-2)18(11-15)29-19(21)22/h5-6,11,16,19H,3-4,7-10,12-14H2,1-2H3,(H2,23,24,25). The minimum Gasteiger partial charge on any atom is -0.493 e. The van der Waals surface area contributed by atoms with Gasteiger partial charge in [-0.2, -0.15) is 8.78 Å². The van der Waals surface area contributed by atoms with Crippen molar-refractivity contribution in [2.75, 3.05) is 46.6 Å². The second-order valence-electron chi connectivity index (χ2n) is 6.64. The van der Waals surface area contributed by atoms with Gasteiger partial charge in [0.25, 0.3) is 0 Å². The number of alkyl halides is 2. The third-order valence-electron chi connectivity index (χ3n) is 4.34. The Balaban J connectivity index is 1.78. The van der Waals surface area contributed by atoms with Gasteiger partial charge in [0.05, 0.1) is 26.9 Å². The number of aliphatic imine (C=N–C) groups is 1. The summed E-state index contributed by atoms with van der Waals surface area (Å²) in [5.74, 6) is 1.43. The van der Waals surface area contributed by atoms with Crippen molar-refractivity contribution in [3.05, 3.63) is 23.8 Å². The molecular formula is C20H31F2N3O4. The number of nitrogens with one attached hydrogen (secondary N) is 2. The van der Waals surface area contributed by atoms with Gasteiger partial charge in [-0.3, -0.25) is 0 Å². The molecule has 1 aromatic carbocycles. The number of hydrogen-bond donors (Lipinski definition) is 2. The molecule has 7 nitrogen and oxygen atoms in total. The van der Waals surface area contributed by atoms with Crippen molar-refractivity contribution in [3.8, 4) is 11.5 Å². The van der Waals surface area contributed by atoms with Crippen LogP contribution in [0.15, 0.2) is 23.2 Å². The van der Waals surface area contributed by atoms with Crippen LogP contribution in [0.5, 0.6) is 11.5 Å². The van der Waals surface area contributed by atoms with Crippen LogP contribution in [-0.2, 0) is 16.0 Å². The molecule has 1 aromatic rings. The van der Waals surface area contributed by atoms with Crippen molar-refractivity contribution in [3.63, 3.8) is 0 Å². The third kappa shape index (κ3) is 8.82. The van der Waals surface area contributed by atoms with Crippen molar-refractivity contribution in [1.29, 1.82) is 0 Å². The summed E-state index contributed by atoms with van der Waals surface area (Å²) in [4.78, 5) is 4.49. The first kappa shape index (κ1) is 23.2. The number of guanidine groups is 1. The third-order valence-corrected chi connectivity index (χ3v) is 4.34. The molecule has 1 aliphatic heterocycles. The zero-order valence-electron chi connectivity index (χ0n) is 17.1. The molecule has 1 heterocycles. The van der Waals surface area contributed by atoms with Gasteiger partial charge in [0.2, 0.25) is 0 Å². The zero-order valence-corrected chi connectivity index (χ0v) is 17.1. The van der Waals surface area contributed by atoms with Gasteiger partial charge in [0, 0.05) is 32.2 Å². The molecule has 1 saturated heterocycles. The SMILES string of the molecule is CCNC(=NCc1ccc(OC)c(OC(F)F)c1)NCCCOCC1CCOC1. The van der Waals surface area contributed by atoms with Crippen LogP contribution >= 0.6 is 0 Å². The highest BCUT2D eigenvalue weighted by molar-refractivity contribution is 5.79. The van der Waals surface area contributed by atoms with Gasteiger partial charge in [-0.25, -0.2) is 4.99 Å². The normalized spacial score (nSPS) is 16.9. The number of hydrogen-bond acceptors (Lipinski definition) is 5. The van der Waals surface area contributed by atoms with Crippen molar-refractivity contribution < 1.29 is 27.7 Å². The van der Waals surface area contributed by atoms with Crippen molar-refractivity contribution in [2.45, 2.75) is 32.9 Å². The van der Waals surface area contributed by atoms with Crippen molar-refractivity contribution in [2.24, 2.45) is 10.9 Å². The van der Waals surface area contributed by atoms with E-state index in [1.807, 2.05) is 6.92 Å². The molecule has 164 valence electrons. The Labute approximate surface area is 170 Å². The molecule has 1 fully saturated rings. The predicted molar refractivity (Wildman–Crippen MR) is 107 cm³/mol. The first-order chi connectivity index (χ1) is 14.1. The number of benzene rings is 1. The lowest BCUT2D eigenvalue weighted by Crippen LogP contribution is -2.38. The van der Waals surface area contributed by atoms with Crippen LogP contribution in [0, 0.1) is 5.92 Å². The molecule has 0 radical (unpaired) electrons. The van der Waals surface area contributed by atoms with Gasteiger partial charge in [0.1, 0.15) is 0 Å². The average molecular weight is 415 g/mol. The van der Waals surface area contributed by atoms with Gasteiger partial charge in [-0.05, 0) is 37.5 Å². The lowest BCUT2D eigenvalue weighted by molar-refractivity contribution is -0.0512. The minimum atomic E-state index is -2.91. The molecule has 0 spiro atoms. The maximum atomic E-state index is 12.6. The second kappa shape index (κ2) is 13.2. The molecule has 29 heavy (non-hydrogen) atoms. The Hall–Kier alpha value is -2.13. The summed E-state index contributed by atoms with van der Waals surface area (Å²) in [6.45, 7) is 3.87. The molecular weight excluding hydrogens is 384 g/mol. The number of halogens is 2. The first-order valence-corrected chi connectivity index (χ1v) is 9.91. The molecule has 0 saturated carbocycles. The summed E-state index contributed by atoms with van der Waals surface area (Å²) in [5.41, 5.74) is 0.737. The Morgan fingerprint density at radius 1 is 1.31 bits per heavy atom. The van der Waals surface area contributed by atoms with Crippen LogP contribution in [0.2, 0.25) is 0 Å². The van der Waals surface area contributed by atoms with E-state index in [1.165, 1.54) is 13.2 Å². The maximum absolute atomic E-state index is 12.6. The smallest absolute Gasteiger partial charge is 0.387 e. The Bertz CT molecular complexity index is 626. The lowest BCUT2D eigenvalue weighted by Gasteiger charge is -2.13. The highest BCUT2D eigenvalue weighted by Gasteiger charge is 2.15. The van der Waals surface area contributed by atoms with E-state index in [9.17, 15) is 8.78 Å². The van der Waals surface area contributed by atoms with Crippen LogP contribution < -0.4 is 20.1 Å². The monoisotopic (exact) mass is 415 g/mol. The van der Waals surface area contributed by atoms with Crippen LogP contribution in [0.1, 0.15) is 25.3 Å². The van der Waals surface area contributed by atoms with Crippen LogP contribution in [0.25, 0.3) is 0 Å². The molecule has 1 atom stereocenters. The first-order valence-electron chi connectivity index (χ1n) is 9.91. The summed E-state index contributed by atoms with van der Waals surface area (Å²) < 4.78 is 45.7. The number of methoxy groups -OCH3 is 1. The molecule has 0 aromatic heterocycles. The van der Waals surface area contributed by atoms with Crippen LogP contribution in [0.3, 0.4) is 0 Å². The van der Waals surface area contributed by atoms with E-state index in [4.69, 9.17) is 14.2 Å². The fourth-order valence-electron chi connectivity index (χ4n) is 2.87. The van der Waals surface area contributed by atoms with Crippen molar-refractivity contribution >= 4 is 5.96 Å². The summed E-state index contributed by atoms with van der Waals surface area (Å²) in [6.07, 6.45) is 1.93. The van der Waals surface area contributed by atoms with Crippen LogP contribution in [-0.4, -0.2) is 59.2 Å². The number of ether oxygens (including phenoxy) is 4. The minimum absolute atomic E-state index is 0.00188. The van der Waals surface area contributed by atoms with Gasteiger partial charge in [0.15, 0.2) is 17.5 Å². The van der Waals surface area contributed by atoms with Crippen LogP contribution in [0.4, 0.5) is 8.78 Å². The van der Waals surface area contributed by atoms with E-state index in [2.05, 4.69) is 20.4 Å². The molecule has 0 bridgehead atoms. The summed E-state index contributed by atoms with van der Waals surface area (Å²) in [6, 6.07) is 4.87. The fourth-order valence-corrected chi connectivity index (χ4v) is 2.87. The van der Waals surface area contributed by atoms with Gasteiger partial charge in [-0.1, -0.05) is 6.07 Å². The van der Waals surface area contributed by atoms with Gasteiger partial charge < -0.3 is 29.6 Å². The predicted octanol–water partition coefficient (Wildman–Crippen LogP) is 2.79. The zero-order chi connectivity index (χ0) is 20.9. The van der Waals surface area contributed by atoms with E-state index in [1.54, 1.807) is 12.1 Å². The molecule has 1 unspecified atom stereocenters. The van der Waals surface area contributed by atoms with E-state index >= 15 is 0 Å². The van der Waals surface area contributed by atoms with E-state index in [-0.39, 0.29) is 11.5 Å². The highest BCUT2D eigenvalue weighted by atomic mass is 19.3. The lowest BCUT2D eigenvalue weighted by atomic mass is 10.1. The number of rotatable bonds is 12. The second-order valence-corrected chi connectivity index (χ2v) is 6.64. The topological polar surface area (TPSA) is 73.3 Å². The summed E-state index contributed by atoms with van der Waals surface area (Å²) in [7, 11) is 1.41. The number of nitrogens with zero attached hydrogens (tertiary/aromatic N) is 1. The largest absolute Gasteiger partial charge is 0.493 e. The van der Waals surface area contributed by atoms with Crippen molar-refractivity contribution in [1.82, 2.24) is 10.6 Å². The Kier molecular flexibility index (Phi) is 10.5. The summed E-state index contributed by atoms with van der Waals surface area (Å²) in [5, 5.41) is 6.41. The molecule has 1 aliphatic rings. The summed E-state index contributed by atoms with van der Waals surface area (Å²) >= 11 is 0. The van der Waals surface area contributed by atoms with E-state index < -0.39 is 6.61 Å². The van der Waals surface area contributed by atoms with Gasteiger partial charge >= 0.3 is 6.61 Å². The Morgan fingerprint density at radius 3 is 2.86 bits per heavy atom. The average Bonchev–Trinajstić information content (AvgIpc) is 3.22. The van der Waals surface area contributed by atoms with E-state index in [0.717, 1.165) is 44.8 Å². The van der Waals surface area contributed by atoms with Gasteiger partial charge in [-0.15, -0.1) is 0 Å². The molecule has 2 N–H and O–H groups in total. The molecule has 0 amide bonds. The molecule has 2 rings (SSSR count). The molecule has 0 aliphatic carbocycles. The highest BCUT2D eigenvalue weighted by Crippen LogP contribution is 2.29. The Morgan fingerprint density at radius 2 is 2.17 bits per heavy atom. The quantitative estimate of drug-likeness (QED) is 0.311. The van der Waals surface area contributed by atoms with E-state index in [0.29, 0.717) is 31.6 Å².